The Morgan fingerprint density at radius 2 is 2.23 bits per heavy atom. The van der Waals surface area contributed by atoms with Gasteiger partial charge in [0.2, 0.25) is 0 Å². The summed E-state index contributed by atoms with van der Waals surface area (Å²) in [6.07, 6.45) is 0. The summed E-state index contributed by atoms with van der Waals surface area (Å²) in [5.41, 5.74) is 0.585. The minimum atomic E-state index is -0.842. The monoisotopic (exact) mass is 180 g/mol. The first-order chi connectivity index (χ1) is 6.16. The van der Waals surface area contributed by atoms with Crippen LogP contribution in [0.25, 0.3) is 0 Å². The van der Waals surface area contributed by atoms with E-state index in [1.807, 2.05) is 0 Å². The molecule has 1 rings (SSSR count). The lowest BCUT2D eigenvalue weighted by atomic mass is 10.1. The van der Waals surface area contributed by atoms with Crippen LogP contribution in [0.1, 0.15) is 15.9 Å². The zero-order chi connectivity index (χ0) is 9.84. The number of hydrogen-bond acceptors (Lipinski definition) is 4. The van der Waals surface area contributed by atoms with Crippen molar-refractivity contribution in [3.05, 3.63) is 29.3 Å². The van der Waals surface area contributed by atoms with Gasteiger partial charge >= 0.3 is 12.4 Å². The van der Waals surface area contributed by atoms with E-state index in [9.17, 15) is 14.7 Å². The summed E-state index contributed by atoms with van der Waals surface area (Å²) in [6.45, 7) is 1.68. The summed E-state index contributed by atoms with van der Waals surface area (Å²) in [4.78, 5) is 21.0. The van der Waals surface area contributed by atoms with Gasteiger partial charge in [0.1, 0.15) is 11.3 Å². The fourth-order valence-electron chi connectivity index (χ4n) is 1.02. The number of hydrogen-bond donors (Lipinski definition) is 1. The molecule has 0 unspecified atom stereocenters. The first-order valence-electron chi connectivity index (χ1n) is 3.60. The number of carbonyl (C=O) groups excluding carboxylic acids is 2. The summed E-state index contributed by atoms with van der Waals surface area (Å²) in [5, 5.41) is 9.27. The Balaban J connectivity index is 3.12. The van der Waals surface area contributed by atoms with E-state index < -0.39 is 5.97 Å². The van der Waals surface area contributed by atoms with Crippen molar-refractivity contribution in [3.8, 4) is 5.75 Å². The molecule has 0 saturated heterocycles. The molecule has 0 spiro atoms. The van der Waals surface area contributed by atoms with Gasteiger partial charge in [-0.3, -0.25) is 4.79 Å². The standard InChI is InChI=1S/C9H8O4/c1-6-3-2-4-7(11)8(6)9(12)13-5-10/h2-5,11H,1H3. The Bertz CT molecular complexity index is 323. The molecule has 0 aliphatic carbocycles. The highest BCUT2D eigenvalue weighted by atomic mass is 16.6. The second-order valence-electron chi connectivity index (χ2n) is 2.47. The number of phenolic OH excluding ortho intramolecular Hbond substituents is 1. The van der Waals surface area contributed by atoms with Crippen LogP contribution >= 0.6 is 0 Å². The van der Waals surface area contributed by atoms with Crippen molar-refractivity contribution >= 4 is 12.4 Å². The molecule has 4 nitrogen and oxygen atoms in total. The number of rotatable bonds is 2. The summed E-state index contributed by atoms with van der Waals surface area (Å²) < 4.78 is 4.11. The maximum atomic E-state index is 11.1. The van der Waals surface area contributed by atoms with Gasteiger partial charge in [0.25, 0.3) is 0 Å². The molecule has 1 aromatic rings. The van der Waals surface area contributed by atoms with Crippen LogP contribution in [0.2, 0.25) is 0 Å². The van der Waals surface area contributed by atoms with Gasteiger partial charge in [-0.2, -0.15) is 0 Å². The van der Waals surface area contributed by atoms with Crippen LogP contribution < -0.4 is 0 Å². The Hall–Kier alpha value is -1.84. The molecule has 0 amide bonds. The van der Waals surface area contributed by atoms with Crippen LogP contribution in [0.15, 0.2) is 18.2 Å². The van der Waals surface area contributed by atoms with Crippen LogP contribution in [0.4, 0.5) is 0 Å². The van der Waals surface area contributed by atoms with E-state index in [2.05, 4.69) is 4.74 Å². The molecule has 0 fully saturated rings. The lowest BCUT2D eigenvalue weighted by molar-refractivity contribution is -0.123. The van der Waals surface area contributed by atoms with Crippen molar-refractivity contribution in [3.63, 3.8) is 0 Å². The Kier molecular flexibility index (Phi) is 2.64. The van der Waals surface area contributed by atoms with E-state index in [-0.39, 0.29) is 17.8 Å². The van der Waals surface area contributed by atoms with Crippen LogP contribution in [0, 0.1) is 6.92 Å². The van der Waals surface area contributed by atoms with E-state index >= 15 is 0 Å². The fourth-order valence-corrected chi connectivity index (χ4v) is 1.02. The van der Waals surface area contributed by atoms with Gasteiger partial charge < -0.3 is 9.84 Å². The molecule has 13 heavy (non-hydrogen) atoms. The topological polar surface area (TPSA) is 63.6 Å². The molecular formula is C9H8O4. The van der Waals surface area contributed by atoms with Crippen LogP contribution in [-0.4, -0.2) is 17.5 Å². The molecule has 0 radical (unpaired) electrons. The molecule has 68 valence electrons. The van der Waals surface area contributed by atoms with Crippen molar-refractivity contribution in [2.45, 2.75) is 6.92 Å². The molecule has 4 heteroatoms. The van der Waals surface area contributed by atoms with Crippen molar-refractivity contribution in [2.75, 3.05) is 0 Å². The number of carbonyl (C=O) groups is 2. The number of aromatic hydroxyl groups is 1. The molecule has 1 aromatic carbocycles. The maximum Gasteiger partial charge on any atom is 0.349 e. The first-order valence-corrected chi connectivity index (χ1v) is 3.60. The molecule has 0 atom stereocenters. The second kappa shape index (κ2) is 3.71. The van der Waals surface area contributed by atoms with Gasteiger partial charge in [-0.15, -0.1) is 0 Å². The number of phenols is 1. The van der Waals surface area contributed by atoms with Gasteiger partial charge in [-0.05, 0) is 18.6 Å². The van der Waals surface area contributed by atoms with Gasteiger partial charge in [0, 0.05) is 0 Å². The number of benzene rings is 1. The summed E-state index contributed by atoms with van der Waals surface area (Å²) in [5.74, 6) is -1.03. The molecule has 0 bridgehead atoms. The Morgan fingerprint density at radius 1 is 1.54 bits per heavy atom. The van der Waals surface area contributed by atoms with Gasteiger partial charge in [0.05, 0.1) is 0 Å². The number of aryl methyl sites for hydroxylation is 1. The van der Waals surface area contributed by atoms with Crippen molar-refractivity contribution in [1.82, 2.24) is 0 Å². The van der Waals surface area contributed by atoms with E-state index in [4.69, 9.17) is 0 Å². The second-order valence-corrected chi connectivity index (χ2v) is 2.47. The third kappa shape index (κ3) is 1.84. The van der Waals surface area contributed by atoms with E-state index in [1.165, 1.54) is 6.07 Å². The van der Waals surface area contributed by atoms with Crippen molar-refractivity contribution in [2.24, 2.45) is 0 Å². The van der Waals surface area contributed by atoms with Crippen LogP contribution in [0.5, 0.6) is 5.75 Å². The minimum Gasteiger partial charge on any atom is -0.507 e. The largest absolute Gasteiger partial charge is 0.507 e. The highest BCUT2D eigenvalue weighted by Gasteiger charge is 2.14. The number of ether oxygens (including phenoxy) is 1. The summed E-state index contributed by atoms with van der Waals surface area (Å²) in [6, 6.07) is 4.60. The lowest BCUT2D eigenvalue weighted by Gasteiger charge is -2.03. The average Bonchev–Trinajstić information content (AvgIpc) is 2.04. The predicted molar refractivity (Wildman–Crippen MR) is 44.3 cm³/mol. The minimum absolute atomic E-state index is 0.0228. The highest BCUT2D eigenvalue weighted by Crippen LogP contribution is 2.20. The first kappa shape index (κ1) is 9.25. The number of esters is 1. The molecule has 0 aromatic heterocycles. The van der Waals surface area contributed by atoms with Crippen molar-refractivity contribution < 1.29 is 19.4 Å². The van der Waals surface area contributed by atoms with Crippen molar-refractivity contribution in [1.29, 1.82) is 0 Å². The zero-order valence-corrected chi connectivity index (χ0v) is 6.98. The third-order valence-electron chi connectivity index (χ3n) is 1.61. The average molecular weight is 180 g/mol. The normalized spacial score (nSPS) is 9.31. The summed E-state index contributed by atoms with van der Waals surface area (Å²) >= 11 is 0. The fraction of sp³-hybridized carbons (Fsp3) is 0.111. The van der Waals surface area contributed by atoms with E-state index in [0.29, 0.717) is 5.56 Å². The smallest absolute Gasteiger partial charge is 0.349 e. The van der Waals surface area contributed by atoms with Gasteiger partial charge in [0.15, 0.2) is 0 Å². The highest BCUT2D eigenvalue weighted by molar-refractivity contribution is 5.96. The summed E-state index contributed by atoms with van der Waals surface area (Å²) in [7, 11) is 0. The van der Waals surface area contributed by atoms with Gasteiger partial charge in [-0.25, -0.2) is 4.79 Å². The van der Waals surface area contributed by atoms with Crippen LogP contribution in [-0.2, 0) is 9.53 Å². The Labute approximate surface area is 74.8 Å². The molecular weight excluding hydrogens is 172 g/mol. The van der Waals surface area contributed by atoms with Gasteiger partial charge in [-0.1, -0.05) is 12.1 Å². The Morgan fingerprint density at radius 3 is 2.77 bits per heavy atom. The van der Waals surface area contributed by atoms with Crippen LogP contribution in [0.3, 0.4) is 0 Å². The quantitative estimate of drug-likeness (QED) is 0.419. The molecule has 0 saturated carbocycles. The molecule has 0 heterocycles. The SMILES string of the molecule is Cc1cccc(O)c1C(=O)OC=O. The molecule has 1 N–H and O–H groups in total. The lowest BCUT2D eigenvalue weighted by Crippen LogP contribution is -2.05. The third-order valence-corrected chi connectivity index (χ3v) is 1.61. The maximum absolute atomic E-state index is 11.1. The predicted octanol–water partition coefficient (Wildman–Crippen LogP) is 1.01. The van der Waals surface area contributed by atoms with E-state index in [1.54, 1.807) is 19.1 Å². The molecule has 0 aliphatic heterocycles. The zero-order valence-electron chi connectivity index (χ0n) is 6.98. The molecule has 0 aliphatic rings. The van der Waals surface area contributed by atoms with E-state index in [0.717, 1.165) is 0 Å².